The molecular weight excluding hydrogens is 183 g/mol. The van der Waals surface area contributed by atoms with Crippen molar-refractivity contribution in [1.82, 2.24) is 0 Å². The van der Waals surface area contributed by atoms with E-state index in [2.05, 4.69) is 7.85 Å². The second kappa shape index (κ2) is 22.4. The van der Waals surface area contributed by atoms with Gasteiger partial charge in [-0.25, -0.2) is 0 Å². The van der Waals surface area contributed by atoms with Crippen molar-refractivity contribution in [2.45, 2.75) is 6.82 Å². The Hall–Kier alpha value is 0.322. The molecule has 0 aliphatic carbocycles. The summed E-state index contributed by atoms with van der Waals surface area (Å²) in [6.07, 6.45) is 0. The van der Waals surface area contributed by atoms with Crippen LogP contribution in [0.5, 0.6) is 0 Å². The average molecular weight is 192 g/mol. The molecule has 11 heavy (non-hydrogen) atoms. The van der Waals surface area contributed by atoms with E-state index < -0.39 is 10.4 Å². The minimum absolute atomic E-state index is 0. The van der Waals surface area contributed by atoms with Gasteiger partial charge in [-0.05, 0) is 0 Å². The smallest absolute Gasteiger partial charge is 1.00 e. The van der Waals surface area contributed by atoms with Crippen molar-refractivity contribution in [3.05, 3.63) is 0 Å². The van der Waals surface area contributed by atoms with Gasteiger partial charge in [0.2, 0.25) is 0 Å². The summed E-state index contributed by atoms with van der Waals surface area (Å²) in [6, 6.07) is 0. The summed E-state index contributed by atoms with van der Waals surface area (Å²) in [7, 11) is -0.167. The van der Waals surface area contributed by atoms with Crippen molar-refractivity contribution in [2.24, 2.45) is 0 Å². The van der Waals surface area contributed by atoms with Crippen LogP contribution in [0.4, 0.5) is 14.1 Å². The second-order valence-electron chi connectivity index (χ2n) is 0.448. The minimum atomic E-state index is -4.67. The van der Waals surface area contributed by atoms with Gasteiger partial charge < -0.3 is 1.43 Å². The van der Waals surface area contributed by atoms with Gasteiger partial charge in [-0.1, -0.05) is 6.82 Å². The van der Waals surface area contributed by atoms with Crippen molar-refractivity contribution in [3.63, 3.8) is 0 Å². The normalized spacial score (nSPS) is 5.73. The van der Waals surface area contributed by atoms with Crippen LogP contribution in [0, 0.1) is 0 Å². The molecule has 0 aromatic carbocycles. The maximum atomic E-state index is 8.74. The number of hydrogen-bond donors (Lipinski definition) is 2. The maximum absolute atomic E-state index is 8.74. The number of rotatable bonds is 0. The topological polar surface area (TPSA) is 74.6 Å². The molecule has 0 saturated carbocycles. The van der Waals surface area contributed by atoms with E-state index in [0.717, 1.165) is 0 Å². The molecule has 0 bridgehead atoms. The Morgan fingerprint density at radius 1 is 1.09 bits per heavy atom. The molecule has 0 amide bonds. The van der Waals surface area contributed by atoms with E-state index in [1.165, 1.54) is 6.82 Å². The van der Waals surface area contributed by atoms with Crippen LogP contribution in [0.15, 0.2) is 0 Å². The fraction of sp³-hybridized carbons (Fsp3) is 1.00. The maximum Gasteiger partial charge on any atom is 1.00 e. The molecule has 2 N–H and O–H groups in total. The fourth-order valence-electron chi connectivity index (χ4n) is 0. The van der Waals surface area contributed by atoms with Gasteiger partial charge in [0, 0.05) is 0 Å². The van der Waals surface area contributed by atoms with E-state index in [0.29, 0.717) is 0 Å². The van der Waals surface area contributed by atoms with Gasteiger partial charge in [0.05, 0.1) is 7.85 Å². The Balaban J connectivity index is -0.00000000671. The monoisotopic (exact) mass is 192 g/mol. The van der Waals surface area contributed by atoms with Crippen molar-refractivity contribution >= 4 is 18.2 Å². The summed E-state index contributed by atoms with van der Waals surface area (Å²) >= 11 is 0. The predicted molar refractivity (Wildman–Crippen MR) is 34.4 cm³/mol. The summed E-state index contributed by atoms with van der Waals surface area (Å²) in [5, 5.41) is 0. The molecule has 0 aliphatic rings. The summed E-state index contributed by atoms with van der Waals surface area (Å²) < 4.78 is 31.6. The van der Waals surface area contributed by atoms with Crippen molar-refractivity contribution in [2.75, 3.05) is 0 Å². The number of hydrogen-bond acceptors (Lipinski definition) is 2. The quantitative estimate of drug-likeness (QED) is 0.319. The van der Waals surface area contributed by atoms with Gasteiger partial charge in [0.25, 0.3) is 0 Å². The SMILES string of the molecule is F.F.F.O=S(=O)(O)O.[B]C.[H-].[Li+]. The van der Waals surface area contributed by atoms with Crippen LogP contribution in [0.25, 0.3) is 0 Å². The molecule has 2 radical (unpaired) electrons. The zero-order valence-electron chi connectivity index (χ0n) is 6.92. The molecular formula is CH9BF3LiO4S. The van der Waals surface area contributed by atoms with Crippen molar-refractivity contribution < 1.29 is 51.9 Å². The van der Waals surface area contributed by atoms with E-state index in [4.69, 9.17) is 17.5 Å². The van der Waals surface area contributed by atoms with Crippen LogP contribution in [0.1, 0.15) is 1.43 Å². The first-order valence-corrected chi connectivity index (χ1v) is 2.67. The molecule has 10 heteroatoms. The predicted octanol–water partition coefficient (Wildman–Crippen LogP) is -2.88. The molecule has 0 aromatic rings. The first-order chi connectivity index (χ1) is 3.00. The van der Waals surface area contributed by atoms with E-state index in [1.54, 1.807) is 0 Å². The summed E-state index contributed by atoms with van der Waals surface area (Å²) in [6.45, 7) is 1.50. The molecule has 0 heterocycles. The zero-order valence-corrected chi connectivity index (χ0v) is 6.74. The van der Waals surface area contributed by atoms with Gasteiger partial charge in [-0.3, -0.25) is 23.2 Å². The standard InChI is InChI=1S/CH3B.3FH.Li.H2O4S.H/c1-2;;;;;1-5(2,3)4;/h1H3;3*1H;;(H2,1,2,3,4);/q;;;;+1;;-1. The van der Waals surface area contributed by atoms with Gasteiger partial charge >= 0.3 is 29.3 Å². The second-order valence-corrected chi connectivity index (χ2v) is 1.34. The molecule has 0 fully saturated rings. The Morgan fingerprint density at radius 2 is 1.09 bits per heavy atom. The van der Waals surface area contributed by atoms with Gasteiger partial charge in [0.1, 0.15) is 0 Å². The van der Waals surface area contributed by atoms with Crippen LogP contribution in [0.3, 0.4) is 0 Å². The molecule has 0 unspecified atom stereocenters. The van der Waals surface area contributed by atoms with E-state index in [1.807, 2.05) is 0 Å². The third kappa shape index (κ3) is 6880. The van der Waals surface area contributed by atoms with Crippen molar-refractivity contribution in [3.8, 4) is 0 Å². The average Bonchev–Trinajstić information content (AvgIpc) is 1.36. The zero-order chi connectivity index (χ0) is 6.50. The van der Waals surface area contributed by atoms with Gasteiger partial charge in [-0.15, -0.1) is 0 Å². The Labute approximate surface area is 77.5 Å². The van der Waals surface area contributed by atoms with Crippen LogP contribution in [-0.4, -0.2) is 25.4 Å². The van der Waals surface area contributed by atoms with Gasteiger partial charge in [0.15, 0.2) is 0 Å². The summed E-state index contributed by atoms with van der Waals surface area (Å²) in [4.78, 5) is 0. The fourth-order valence-corrected chi connectivity index (χ4v) is 0. The summed E-state index contributed by atoms with van der Waals surface area (Å²) in [5.74, 6) is 0. The van der Waals surface area contributed by atoms with Gasteiger partial charge in [-0.2, -0.15) is 8.42 Å². The molecule has 0 spiro atoms. The molecule has 0 aliphatic heterocycles. The molecule has 68 valence electrons. The minimum Gasteiger partial charge on any atom is -1.00 e. The van der Waals surface area contributed by atoms with Crippen LogP contribution >= 0.6 is 0 Å². The van der Waals surface area contributed by atoms with Crippen LogP contribution in [0.2, 0.25) is 6.82 Å². The molecule has 0 aromatic heterocycles. The Kier molecular flexibility index (Phi) is 86.9. The third-order valence-electron chi connectivity index (χ3n) is 0. The van der Waals surface area contributed by atoms with E-state index in [9.17, 15) is 0 Å². The Morgan fingerprint density at radius 3 is 1.09 bits per heavy atom. The molecule has 4 nitrogen and oxygen atoms in total. The first kappa shape index (κ1) is 42.6. The van der Waals surface area contributed by atoms with Crippen LogP contribution in [-0.2, 0) is 10.4 Å². The molecule has 0 atom stereocenters. The summed E-state index contributed by atoms with van der Waals surface area (Å²) in [5.41, 5.74) is 0. The van der Waals surface area contributed by atoms with E-state index >= 15 is 0 Å². The Bertz CT molecular complexity index is 113. The van der Waals surface area contributed by atoms with Crippen LogP contribution < -0.4 is 18.9 Å². The first-order valence-electron chi connectivity index (χ1n) is 1.28. The number of halogens is 3. The largest absolute Gasteiger partial charge is 1.00 e. The van der Waals surface area contributed by atoms with E-state index in [-0.39, 0.29) is 34.4 Å². The van der Waals surface area contributed by atoms with Crippen molar-refractivity contribution in [1.29, 1.82) is 0 Å². The molecule has 0 saturated heterocycles. The third-order valence-corrected chi connectivity index (χ3v) is 0. The molecule has 0 rings (SSSR count).